The van der Waals surface area contributed by atoms with E-state index in [4.69, 9.17) is 4.74 Å². The van der Waals surface area contributed by atoms with Crippen LogP contribution in [0.3, 0.4) is 0 Å². The largest absolute Gasteiger partial charge is 0.462 e. The summed E-state index contributed by atoms with van der Waals surface area (Å²) in [4.78, 5) is 25.7. The van der Waals surface area contributed by atoms with Crippen LogP contribution in [-0.4, -0.2) is 30.1 Å². The fourth-order valence-electron chi connectivity index (χ4n) is 4.83. The summed E-state index contributed by atoms with van der Waals surface area (Å²) in [6.45, 7) is 10.7. The van der Waals surface area contributed by atoms with Gasteiger partial charge in [-0.05, 0) is 75.3 Å². The van der Waals surface area contributed by atoms with E-state index in [1.54, 1.807) is 12.1 Å². The Kier molecular flexibility index (Phi) is 7.73. The third-order valence-corrected chi connectivity index (χ3v) is 6.64. The molecule has 0 aliphatic carbocycles. The molecule has 2 N–H and O–H groups in total. The Morgan fingerprint density at radius 2 is 1.78 bits per heavy atom. The molecule has 0 bridgehead atoms. The van der Waals surface area contributed by atoms with Crippen LogP contribution < -0.4 is 10.6 Å². The van der Waals surface area contributed by atoms with Crippen molar-refractivity contribution in [3.8, 4) is 0 Å². The van der Waals surface area contributed by atoms with Gasteiger partial charge in [0, 0.05) is 17.1 Å². The molecule has 0 spiro atoms. The van der Waals surface area contributed by atoms with Crippen molar-refractivity contribution in [1.29, 1.82) is 0 Å². The Morgan fingerprint density at radius 1 is 1.12 bits per heavy atom. The quantitative estimate of drug-likeness (QED) is 0.554. The average molecular weight is 437 g/mol. The lowest BCUT2D eigenvalue weighted by Gasteiger charge is -2.39. The Labute approximate surface area is 191 Å². The molecule has 3 unspecified atom stereocenters. The molecule has 3 rings (SSSR count). The van der Waals surface area contributed by atoms with Crippen molar-refractivity contribution in [1.82, 2.24) is 10.6 Å². The van der Waals surface area contributed by atoms with E-state index < -0.39 is 0 Å². The summed E-state index contributed by atoms with van der Waals surface area (Å²) >= 11 is 0. The fourth-order valence-corrected chi connectivity index (χ4v) is 4.83. The molecule has 172 valence electrons. The number of carbonyl (C=O) groups excluding carboxylic acids is 2. The number of carbonyl (C=O) groups is 2. The first kappa shape index (κ1) is 24.0. The number of hydrogen-bond acceptors (Lipinski definition) is 4. The van der Waals surface area contributed by atoms with Crippen LogP contribution in [0.25, 0.3) is 0 Å². The zero-order valence-corrected chi connectivity index (χ0v) is 20.0. The van der Waals surface area contributed by atoms with Gasteiger partial charge < -0.3 is 15.4 Å². The number of esters is 1. The minimum absolute atomic E-state index is 0.0637. The molecule has 1 heterocycles. The van der Waals surface area contributed by atoms with E-state index in [0.717, 1.165) is 47.9 Å². The van der Waals surface area contributed by atoms with Crippen molar-refractivity contribution >= 4 is 11.9 Å². The second-order valence-electron chi connectivity index (χ2n) is 9.02. The lowest BCUT2D eigenvalue weighted by molar-refractivity contribution is 0.0505. The molecule has 2 aromatic rings. The van der Waals surface area contributed by atoms with Gasteiger partial charge in [-0.2, -0.15) is 0 Å². The first-order chi connectivity index (χ1) is 15.3. The second kappa shape index (κ2) is 10.3. The molecule has 1 aliphatic heterocycles. The zero-order valence-electron chi connectivity index (χ0n) is 20.0. The molecule has 3 atom stereocenters. The summed E-state index contributed by atoms with van der Waals surface area (Å²) in [5.74, 6) is -0.376. The highest BCUT2D eigenvalue weighted by atomic mass is 16.5. The molecule has 1 aliphatic rings. The molecular weight excluding hydrogens is 400 g/mol. The molecule has 2 aromatic carbocycles. The van der Waals surface area contributed by atoms with Gasteiger partial charge >= 0.3 is 5.97 Å². The fraction of sp³-hybridized carbons (Fsp3) is 0.481. The van der Waals surface area contributed by atoms with Gasteiger partial charge in [-0.25, -0.2) is 4.79 Å². The van der Waals surface area contributed by atoms with Crippen LogP contribution in [0.15, 0.2) is 42.5 Å². The first-order valence-corrected chi connectivity index (χ1v) is 11.7. The van der Waals surface area contributed by atoms with Crippen molar-refractivity contribution in [3.05, 3.63) is 70.3 Å². The van der Waals surface area contributed by atoms with Crippen LogP contribution in [0.4, 0.5) is 0 Å². The van der Waals surface area contributed by atoms with Gasteiger partial charge in [-0.1, -0.05) is 44.2 Å². The first-order valence-electron chi connectivity index (χ1n) is 11.7. The van der Waals surface area contributed by atoms with E-state index in [0.29, 0.717) is 18.2 Å². The Balaban J connectivity index is 1.95. The highest BCUT2D eigenvalue weighted by molar-refractivity contribution is 5.97. The van der Waals surface area contributed by atoms with Gasteiger partial charge in [0.25, 0.3) is 5.91 Å². The molecule has 5 heteroatoms. The smallest absolute Gasteiger partial charge is 0.338 e. The summed E-state index contributed by atoms with van der Waals surface area (Å²) in [7, 11) is 0. The summed E-state index contributed by atoms with van der Waals surface area (Å²) in [6, 6.07) is 13.6. The monoisotopic (exact) mass is 436 g/mol. The number of ether oxygens (including phenoxy) is 1. The number of aryl methyl sites for hydroxylation is 2. The van der Waals surface area contributed by atoms with E-state index >= 15 is 0 Å². The Hall–Kier alpha value is -2.66. The highest BCUT2D eigenvalue weighted by Gasteiger charge is 2.43. The number of benzene rings is 2. The van der Waals surface area contributed by atoms with Gasteiger partial charge in [0.1, 0.15) is 0 Å². The topological polar surface area (TPSA) is 67.4 Å². The second-order valence-corrected chi connectivity index (χ2v) is 9.02. The number of amides is 1. The third-order valence-electron chi connectivity index (χ3n) is 6.64. The van der Waals surface area contributed by atoms with Crippen molar-refractivity contribution in [3.63, 3.8) is 0 Å². The van der Waals surface area contributed by atoms with Crippen molar-refractivity contribution < 1.29 is 14.3 Å². The molecule has 0 aromatic heterocycles. The van der Waals surface area contributed by atoms with Crippen molar-refractivity contribution in [2.45, 2.75) is 77.9 Å². The van der Waals surface area contributed by atoms with E-state index in [-0.39, 0.29) is 23.5 Å². The third kappa shape index (κ3) is 5.04. The van der Waals surface area contributed by atoms with Crippen molar-refractivity contribution in [2.24, 2.45) is 0 Å². The SMILES string of the molecule is CCCOC(=O)c1ccc(C(NC(=O)c2c(C)cccc2C)C2(CC)CCC(C)N2)cc1. The van der Waals surface area contributed by atoms with Gasteiger partial charge in [0.05, 0.1) is 18.2 Å². The molecule has 0 radical (unpaired) electrons. The molecule has 1 amide bonds. The van der Waals surface area contributed by atoms with Crippen LogP contribution in [0.1, 0.15) is 89.9 Å². The van der Waals surface area contributed by atoms with Crippen molar-refractivity contribution in [2.75, 3.05) is 6.61 Å². The van der Waals surface area contributed by atoms with Gasteiger partial charge in [-0.15, -0.1) is 0 Å². The van der Waals surface area contributed by atoms with E-state index in [1.165, 1.54) is 0 Å². The molecule has 1 saturated heterocycles. The number of hydrogen-bond donors (Lipinski definition) is 2. The zero-order chi connectivity index (χ0) is 23.3. The van der Waals surface area contributed by atoms with Crippen LogP contribution in [0.5, 0.6) is 0 Å². The average Bonchev–Trinajstić information content (AvgIpc) is 3.17. The van der Waals surface area contributed by atoms with Crippen LogP contribution in [0.2, 0.25) is 0 Å². The predicted octanol–water partition coefficient (Wildman–Crippen LogP) is 5.26. The molecule has 5 nitrogen and oxygen atoms in total. The van der Waals surface area contributed by atoms with Crippen LogP contribution >= 0.6 is 0 Å². The molecule has 1 fully saturated rings. The van der Waals surface area contributed by atoms with Gasteiger partial charge in [0.15, 0.2) is 0 Å². The standard InChI is InChI=1S/C27H36N2O3/c1-6-17-32-26(31)22-13-11-21(12-14-22)24(27(7-2)16-15-20(5)29-27)28-25(30)23-18(3)9-8-10-19(23)4/h8-14,20,24,29H,6-7,15-17H2,1-5H3,(H,28,30). The normalized spacial score (nSPS) is 21.2. The maximum atomic E-state index is 13.4. The molecular formula is C27H36N2O3. The maximum Gasteiger partial charge on any atom is 0.338 e. The van der Waals surface area contributed by atoms with E-state index in [9.17, 15) is 9.59 Å². The van der Waals surface area contributed by atoms with Gasteiger partial charge in [0.2, 0.25) is 0 Å². The van der Waals surface area contributed by atoms with E-state index in [2.05, 4.69) is 24.5 Å². The predicted molar refractivity (Wildman–Crippen MR) is 128 cm³/mol. The van der Waals surface area contributed by atoms with Gasteiger partial charge in [-0.3, -0.25) is 4.79 Å². The summed E-state index contributed by atoms with van der Waals surface area (Å²) in [6.07, 6.45) is 3.71. The summed E-state index contributed by atoms with van der Waals surface area (Å²) in [5.41, 5.74) is 3.94. The molecule has 0 saturated carbocycles. The van der Waals surface area contributed by atoms with E-state index in [1.807, 2.05) is 51.1 Å². The Morgan fingerprint density at radius 3 is 2.31 bits per heavy atom. The number of rotatable bonds is 8. The summed E-state index contributed by atoms with van der Waals surface area (Å²) < 4.78 is 5.26. The lowest BCUT2D eigenvalue weighted by atomic mass is 9.81. The Bertz CT molecular complexity index is 934. The minimum atomic E-state index is -0.313. The minimum Gasteiger partial charge on any atom is -0.462 e. The number of nitrogens with one attached hydrogen (secondary N) is 2. The van der Waals surface area contributed by atoms with Crippen LogP contribution in [0, 0.1) is 13.8 Å². The lowest BCUT2D eigenvalue weighted by Crippen LogP contribution is -2.53. The maximum absolute atomic E-state index is 13.4. The van der Waals surface area contributed by atoms with Crippen LogP contribution in [-0.2, 0) is 4.74 Å². The summed E-state index contributed by atoms with van der Waals surface area (Å²) in [5, 5.41) is 7.11. The highest BCUT2D eigenvalue weighted by Crippen LogP contribution is 2.38. The molecule has 32 heavy (non-hydrogen) atoms.